The van der Waals surface area contributed by atoms with Crippen molar-refractivity contribution >= 4 is 15.9 Å². The van der Waals surface area contributed by atoms with Crippen LogP contribution in [0.2, 0.25) is 0 Å². The van der Waals surface area contributed by atoms with E-state index in [1.165, 1.54) is 17.7 Å². The first-order chi connectivity index (χ1) is 12.4. The van der Waals surface area contributed by atoms with E-state index in [0.717, 1.165) is 0 Å². The fraction of sp³-hybridized carbons (Fsp3) is 0.316. The Labute approximate surface area is 154 Å². The van der Waals surface area contributed by atoms with Crippen LogP contribution >= 0.6 is 0 Å². The zero-order chi connectivity index (χ0) is 19.0. The summed E-state index contributed by atoms with van der Waals surface area (Å²) in [4.78, 5) is 12.0. The third kappa shape index (κ3) is 6.16. The Bertz CT molecular complexity index is 803. The van der Waals surface area contributed by atoms with Crippen LogP contribution in [0.5, 0.6) is 5.75 Å². The molecule has 0 spiro atoms. The van der Waals surface area contributed by atoms with Crippen LogP contribution in [0.4, 0.5) is 0 Å². The van der Waals surface area contributed by atoms with E-state index in [1.807, 2.05) is 24.3 Å². The third-order valence-electron chi connectivity index (χ3n) is 3.71. The van der Waals surface area contributed by atoms with Crippen LogP contribution in [-0.2, 0) is 14.8 Å². The lowest BCUT2D eigenvalue weighted by atomic mass is 10.0. The first-order valence-electron chi connectivity index (χ1n) is 8.42. The molecule has 0 radical (unpaired) electrons. The topological polar surface area (TPSA) is 84.5 Å². The molecule has 0 heterocycles. The van der Waals surface area contributed by atoms with Gasteiger partial charge in [0.1, 0.15) is 5.75 Å². The fourth-order valence-corrected chi connectivity index (χ4v) is 3.27. The van der Waals surface area contributed by atoms with Crippen molar-refractivity contribution in [3.05, 3.63) is 60.2 Å². The molecule has 0 saturated heterocycles. The van der Waals surface area contributed by atoms with Crippen molar-refractivity contribution in [2.45, 2.75) is 24.7 Å². The standard InChI is InChI=1S/C19H24N2O4S/c1-15(2)16-8-10-17(11-9-16)25-14-19(22)20-12-13-21-26(23,24)18-6-4-3-5-7-18/h3-11,15,21H,12-14H2,1-2H3,(H,20,22). The number of hydrogen-bond donors (Lipinski definition) is 2. The number of nitrogens with one attached hydrogen (secondary N) is 2. The summed E-state index contributed by atoms with van der Waals surface area (Å²) in [5, 5.41) is 2.62. The van der Waals surface area contributed by atoms with Crippen LogP contribution < -0.4 is 14.8 Å². The molecule has 0 aliphatic heterocycles. The van der Waals surface area contributed by atoms with Crippen LogP contribution in [0.15, 0.2) is 59.5 Å². The van der Waals surface area contributed by atoms with Crippen molar-refractivity contribution in [2.75, 3.05) is 19.7 Å². The average molecular weight is 376 g/mol. The first-order valence-corrected chi connectivity index (χ1v) is 9.91. The molecule has 6 nitrogen and oxygen atoms in total. The fourth-order valence-electron chi connectivity index (χ4n) is 2.22. The molecule has 2 rings (SSSR count). The van der Waals surface area contributed by atoms with Crippen molar-refractivity contribution in [1.29, 1.82) is 0 Å². The zero-order valence-electron chi connectivity index (χ0n) is 14.9. The number of amides is 1. The summed E-state index contributed by atoms with van der Waals surface area (Å²) in [6.45, 7) is 4.38. The average Bonchev–Trinajstić information content (AvgIpc) is 2.64. The number of rotatable bonds is 9. The highest BCUT2D eigenvalue weighted by Crippen LogP contribution is 2.18. The maximum Gasteiger partial charge on any atom is 0.257 e. The SMILES string of the molecule is CC(C)c1ccc(OCC(=O)NCCNS(=O)(=O)c2ccccc2)cc1. The van der Waals surface area contributed by atoms with Gasteiger partial charge in [-0.05, 0) is 35.7 Å². The van der Waals surface area contributed by atoms with Gasteiger partial charge < -0.3 is 10.1 Å². The minimum absolute atomic E-state index is 0.103. The van der Waals surface area contributed by atoms with Crippen molar-refractivity contribution in [1.82, 2.24) is 10.0 Å². The van der Waals surface area contributed by atoms with Gasteiger partial charge in [0.05, 0.1) is 4.90 Å². The summed E-state index contributed by atoms with van der Waals surface area (Å²) >= 11 is 0. The van der Waals surface area contributed by atoms with E-state index in [2.05, 4.69) is 23.9 Å². The Morgan fingerprint density at radius 3 is 2.27 bits per heavy atom. The number of carbonyl (C=O) groups is 1. The summed E-state index contributed by atoms with van der Waals surface area (Å²) in [6.07, 6.45) is 0. The van der Waals surface area contributed by atoms with E-state index < -0.39 is 10.0 Å². The summed E-state index contributed by atoms with van der Waals surface area (Å²) < 4.78 is 31.9. The van der Waals surface area contributed by atoms with E-state index in [9.17, 15) is 13.2 Å². The van der Waals surface area contributed by atoms with Gasteiger partial charge in [-0.15, -0.1) is 0 Å². The van der Waals surface area contributed by atoms with E-state index in [4.69, 9.17) is 4.74 Å². The van der Waals surface area contributed by atoms with E-state index >= 15 is 0 Å². The molecule has 140 valence electrons. The van der Waals surface area contributed by atoms with Crippen LogP contribution in [0.3, 0.4) is 0 Å². The summed E-state index contributed by atoms with van der Waals surface area (Å²) in [5.74, 6) is 0.748. The highest BCUT2D eigenvalue weighted by atomic mass is 32.2. The molecule has 0 fully saturated rings. The van der Waals surface area contributed by atoms with Crippen LogP contribution in [0, 0.1) is 0 Å². The molecule has 7 heteroatoms. The van der Waals surface area contributed by atoms with Gasteiger partial charge in [-0.1, -0.05) is 44.2 Å². The minimum atomic E-state index is -3.56. The molecule has 0 unspecified atom stereocenters. The molecule has 0 bridgehead atoms. The van der Waals surface area contributed by atoms with Gasteiger partial charge in [0.15, 0.2) is 6.61 Å². The van der Waals surface area contributed by atoms with Gasteiger partial charge in [-0.3, -0.25) is 4.79 Å². The zero-order valence-corrected chi connectivity index (χ0v) is 15.8. The second kappa shape index (κ2) is 9.35. The summed E-state index contributed by atoms with van der Waals surface area (Å²) in [6, 6.07) is 15.7. The van der Waals surface area contributed by atoms with Crippen LogP contribution in [-0.4, -0.2) is 34.0 Å². The minimum Gasteiger partial charge on any atom is -0.484 e. The number of sulfonamides is 1. The Morgan fingerprint density at radius 2 is 1.65 bits per heavy atom. The second-order valence-corrected chi connectivity index (χ2v) is 7.84. The smallest absolute Gasteiger partial charge is 0.257 e. The Morgan fingerprint density at radius 1 is 1.00 bits per heavy atom. The molecular weight excluding hydrogens is 352 g/mol. The van der Waals surface area contributed by atoms with Crippen molar-refractivity contribution in [3.63, 3.8) is 0 Å². The molecule has 1 amide bonds. The first kappa shape index (κ1) is 19.9. The predicted octanol–water partition coefficient (Wildman–Crippen LogP) is 2.28. The number of carbonyl (C=O) groups excluding carboxylic acids is 1. The largest absolute Gasteiger partial charge is 0.484 e. The molecule has 0 aliphatic rings. The second-order valence-electron chi connectivity index (χ2n) is 6.07. The quantitative estimate of drug-likeness (QED) is 0.658. The van der Waals surface area contributed by atoms with Crippen LogP contribution in [0.25, 0.3) is 0 Å². The maximum atomic E-state index is 12.0. The van der Waals surface area contributed by atoms with Crippen molar-refractivity contribution in [2.24, 2.45) is 0 Å². The molecule has 2 aromatic carbocycles. The van der Waals surface area contributed by atoms with Crippen molar-refractivity contribution < 1.29 is 17.9 Å². The van der Waals surface area contributed by atoms with Gasteiger partial charge in [0.25, 0.3) is 5.91 Å². The number of ether oxygens (including phenoxy) is 1. The normalized spacial score (nSPS) is 11.3. The van der Waals surface area contributed by atoms with Crippen molar-refractivity contribution in [3.8, 4) is 5.75 Å². The van der Waals surface area contributed by atoms with Crippen LogP contribution in [0.1, 0.15) is 25.3 Å². The Hall–Kier alpha value is -2.38. The van der Waals surface area contributed by atoms with Gasteiger partial charge >= 0.3 is 0 Å². The molecule has 0 saturated carbocycles. The lowest BCUT2D eigenvalue weighted by Gasteiger charge is -2.10. The molecule has 2 aromatic rings. The van der Waals surface area contributed by atoms with Gasteiger partial charge in [0.2, 0.25) is 10.0 Å². The lowest BCUT2D eigenvalue weighted by Crippen LogP contribution is -2.36. The highest BCUT2D eigenvalue weighted by molar-refractivity contribution is 7.89. The van der Waals surface area contributed by atoms with E-state index in [1.54, 1.807) is 18.2 Å². The molecule has 2 N–H and O–H groups in total. The lowest BCUT2D eigenvalue weighted by molar-refractivity contribution is -0.123. The van der Waals surface area contributed by atoms with E-state index in [0.29, 0.717) is 11.7 Å². The Balaban J connectivity index is 1.69. The molecule has 0 aliphatic carbocycles. The predicted molar refractivity (Wildman–Crippen MR) is 101 cm³/mol. The molecular formula is C19H24N2O4S. The highest BCUT2D eigenvalue weighted by Gasteiger charge is 2.12. The molecule has 26 heavy (non-hydrogen) atoms. The van der Waals surface area contributed by atoms with Gasteiger partial charge in [-0.25, -0.2) is 13.1 Å². The summed E-state index contributed by atoms with van der Waals surface area (Å²) in [5.41, 5.74) is 1.20. The monoisotopic (exact) mass is 376 g/mol. The summed E-state index contributed by atoms with van der Waals surface area (Å²) in [7, 11) is -3.56. The molecule has 0 atom stereocenters. The van der Waals surface area contributed by atoms with Gasteiger partial charge in [0, 0.05) is 13.1 Å². The van der Waals surface area contributed by atoms with Gasteiger partial charge in [-0.2, -0.15) is 0 Å². The third-order valence-corrected chi connectivity index (χ3v) is 5.19. The van der Waals surface area contributed by atoms with E-state index in [-0.39, 0.29) is 30.5 Å². The molecule has 0 aromatic heterocycles. The maximum absolute atomic E-state index is 12.0. The Kier molecular flexibility index (Phi) is 7.17. The number of hydrogen-bond acceptors (Lipinski definition) is 4. The number of benzene rings is 2.